The molecule has 0 radical (unpaired) electrons. The molecule has 5 heteroatoms. The van der Waals surface area contributed by atoms with Gasteiger partial charge in [-0.2, -0.15) is 0 Å². The predicted molar refractivity (Wildman–Crippen MR) is 110 cm³/mol. The molecule has 0 heterocycles. The minimum Gasteiger partial charge on any atom is -0.494 e. The molecule has 0 unspecified atom stereocenters. The monoisotopic (exact) mass is 392 g/mol. The number of hydrogen-bond donors (Lipinski definition) is 1. The molecule has 29 heavy (non-hydrogen) atoms. The van der Waals surface area contributed by atoms with E-state index in [4.69, 9.17) is 14.2 Å². The van der Waals surface area contributed by atoms with Crippen LogP contribution in [-0.2, 0) is 15.1 Å². The summed E-state index contributed by atoms with van der Waals surface area (Å²) < 4.78 is 16.3. The Morgan fingerprint density at radius 2 is 1.24 bits per heavy atom. The van der Waals surface area contributed by atoms with Crippen LogP contribution in [-0.4, -0.2) is 30.9 Å². The van der Waals surface area contributed by atoms with Crippen LogP contribution in [0.4, 0.5) is 0 Å². The highest BCUT2D eigenvalue weighted by Crippen LogP contribution is 2.31. The highest BCUT2D eigenvalue weighted by Gasteiger charge is 2.41. The van der Waals surface area contributed by atoms with Crippen molar-refractivity contribution in [3.8, 4) is 11.5 Å². The van der Waals surface area contributed by atoms with Crippen LogP contribution in [0.25, 0.3) is 0 Å². The lowest BCUT2D eigenvalue weighted by molar-refractivity contribution is -0.162. The Morgan fingerprint density at radius 3 is 1.72 bits per heavy atom. The quantitative estimate of drug-likeness (QED) is 0.441. The molecule has 5 nitrogen and oxygen atoms in total. The molecule has 0 aliphatic carbocycles. The summed E-state index contributed by atoms with van der Waals surface area (Å²) >= 11 is 0. The molecule has 3 rings (SSSR count). The third-order valence-electron chi connectivity index (χ3n) is 4.40. The van der Waals surface area contributed by atoms with Crippen LogP contribution in [0.1, 0.15) is 18.1 Å². The number of hydrogen-bond acceptors (Lipinski definition) is 5. The minimum absolute atomic E-state index is 0.00796. The van der Waals surface area contributed by atoms with Gasteiger partial charge in [0.25, 0.3) is 0 Å². The number of carbonyl (C=O) groups is 1. The van der Waals surface area contributed by atoms with Gasteiger partial charge in [0.05, 0.1) is 6.61 Å². The smallest absolute Gasteiger partial charge is 0.347 e. The van der Waals surface area contributed by atoms with Crippen LogP contribution in [0.2, 0.25) is 0 Å². The van der Waals surface area contributed by atoms with E-state index in [2.05, 4.69) is 0 Å². The van der Waals surface area contributed by atoms with E-state index in [0.717, 1.165) is 5.75 Å². The highest BCUT2D eigenvalue weighted by atomic mass is 16.6. The predicted octanol–water partition coefficient (Wildman–Crippen LogP) is 3.94. The van der Waals surface area contributed by atoms with Gasteiger partial charge in [0.1, 0.15) is 24.7 Å². The zero-order valence-corrected chi connectivity index (χ0v) is 16.3. The first-order valence-corrected chi connectivity index (χ1v) is 9.51. The molecule has 1 N–H and O–H groups in total. The fourth-order valence-corrected chi connectivity index (χ4v) is 2.96. The zero-order valence-electron chi connectivity index (χ0n) is 16.3. The van der Waals surface area contributed by atoms with E-state index >= 15 is 0 Å². The van der Waals surface area contributed by atoms with Crippen LogP contribution < -0.4 is 9.47 Å². The molecule has 3 aromatic rings. The van der Waals surface area contributed by atoms with Gasteiger partial charge in [0.2, 0.25) is 5.60 Å². The number of carbonyl (C=O) groups excluding carboxylic acids is 1. The van der Waals surface area contributed by atoms with Gasteiger partial charge < -0.3 is 19.3 Å². The summed E-state index contributed by atoms with van der Waals surface area (Å²) in [5, 5.41) is 11.3. The van der Waals surface area contributed by atoms with Gasteiger partial charge in [-0.25, -0.2) is 4.79 Å². The van der Waals surface area contributed by atoms with Gasteiger partial charge in [0.15, 0.2) is 0 Å². The van der Waals surface area contributed by atoms with Crippen LogP contribution in [0, 0.1) is 0 Å². The average Bonchev–Trinajstić information content (AvgIpc) is 2.78. The molecule has 150 valence electrons. The fraction of sp³-hybridized carbons (Fsp3) is 0.208. The summed E-state index contributed by atoms with van der Waals surface area (Å²) in [4.78, 5) is 12.8. The molecule has 0 saturated carbocycles. The van der Waals surface area contributed by atoms with Crippen LogP contribution in [0.3, 0.4) is 0 Å². The lowest BCUT2D eigenvalue weighted by Gasteiger charge is -2.27. The third-order valence-corrected chi connectivity index (χ3v) is 4.40. The summed E-state index contributed by atoms with van der Waals surface area (Å²) in [7, 11) is 0. The second kappa shape index (κ2) is 9.75. The number of rotatable bonds is 9. The molecule has 3 aromatic carbocycles. The molecule has 0 amide bonds. The summed E-state index contributed by atoms with van der Waals surface area (Å²) in [6.07, 6.45) is 0. The summed E-state index contributed by atoms with van der Waals surface area (Å²) in [5.41, 5.74) is -0.992. The Balaban J connectivity index is 1.63. The van der Waals surface area contributed by atoms with Gasteiger partial charge in [-0.05, 0) is 42.3 Å². The Bertz CT molecular complexity index is 852. The second-order valence-electron chi connectivity index (χ2n) is 6.33. The third kappa shape index (κ3) is 4.95. The standard InChI is InChI=1S/C24H24O5/c1-2-27-21-13-15-22(16-14-21)28-17-18-29-23(25)24(26,19-9-5-3-6-10-19)20-11-7-4-8-12-20/h3-16,26H,2,17-18H2,1H3. The molecule has 0 fully saturated rings. The number of aliphatic hydroxyl groups is 1. The van der Waals surface area contributed by atoms with E-state index in [-0.39, 0.29) is 13.2 Å². The van der Waals surface area contributed by atoms with Gasteiger partial charge in [-0.1, -0.05) is 60.7 Å². The van der Waals surface area contributed by atoms with E-state index in [1.165, 1.54) is 0 Å². The van der Waals surface area contributed by atoms with Crippen molar-refractivity contribution in [1.82, 2.24) is 0 Å². The van der Waals surface area contributed by atoms with E-state index < -0.39 is 11.6 Å². The van der Waals surface area contributed by atoms with E-state index in [1.54, 1.807) is 60.7 Å². The van der Waals surface area contributed by atoms with Gasteiger partial charge >= 0.3 is 5.97 Å². The van der Waals surface area contributed by atoms with Crippen molar-refractivity contribution in [2.75, 3.05) is 19.8 Å². The van der Waals surface area contributed by atoms with Crippen molar-refractivity contribution in [1.29, 1.82) is 0 Å². The lowest BCUT2D eigenvalue weighted by Crippen LogP contribution is -2.39. The summed E-state index contributed by atoms with van der Waals surface area (Å²) in [6, 6.07) is 24.7. The largest absolute Gasteiger partial charge is 0.494 e. The zero-order chi connectivity index (χ0) is 20.5. The normalized spacial score (nSPS) is 11.0. The van der Waals surface area contributed by atoms with Crippen molar-refractivity contribution < 1.29 is 24.1 Å². The van der Waals surface area contributed by atoms with Gasteiger partial charge in [-0.15, -0.1) is 0 Å². The van der Waals surface area contributed by atoms with Crippen molar-refractivity contribution in [2.24, 2.45) is 0 Å². The topological polar surface area (TPSA) is 65.0 Å². The van der Waals surface area contributed by atoms with E-state index in [1.807, 2.05) is 31.2 Å². The molecule has 0 spiro atoms. The minimum atomic E-state index is -1.89. The molecule has 0 bridgehead atoms. The molecule has 0 saturated heterocycles. The first-order valence-electron chi connectivity index (χ1n) is 9.51. The Hall–Kier alpha value is -3.31. The van der Waals surface area contributed by atoms with E-state index in [0.29, 0.717) is 23.5 Å². The first-order chi connectivity index (χ1) is 14.1. The maximum Gasteiger partial charge on any atom is 0.347 e. The second-order valence-corrected chi connectivity index (χ2v) is 6.33. The molecular weight excluding hydrogens is 368 g/mol. The molecule has 0 aliphatic rings. The van der Waals surface area contributed by atoms with Crippen molar-refractivity contribution in [2.45, 2.75) is 12.5 Å². The molecule has 0 aromatic heterocycles. The Kier molecular flexibility index (Phi) is 6.87. The maximum absolute atomic E-state index is 12.8. The number of benzene rings is 3. The van der Waals surface area contributed by atoms with Crippen LogP contribution in [0.5, 0.6) is 11.5 Å². The molecule has 0 atom stereocenters. The Labute approximate surface area is 170 Å². The van der Waals surface area contributed by atoms with Crippen molar-refractivity contribution in [3.05, 3.63) is 96.1 Å². The van der Waals surface area contributed by atoms with Crippen molar-refractivity contribution in [3.63, 3.8) is 0 Å². The molecular formula is C24H24O5. The highest BCUT2D eigenvalue weighted by molar-refractivity contribution is 5.85. The molecule has 0 aliphatic heterocycles. The van der Waals surface area contributed by atoms with Gasteiger partial charge in [0, 0.05) is 0 Å². The Morgan fingerprint density at radius 1 is 0.759 bits per heavy atom. The lowest BCUT2D eigenvalue weighted by atomic mass is 9.86. The van der Waals surface area contributed by atoms with Gasteiger partial charge in [-0.3, -0.25) is 0 Å². The van der Waals surface area contributed by atoms with Crippen molar-refractivity contribution >= 4 is 5.97 Å². The van der Waals surface area contributed by atoms with Crippen LogP contribution >= 0.6 is 0 Å². The number of ether oxygens (including phenoxy) is 3. The summed E-state index contributed by atoms with van der Waals surface area (Å²) in [6.45, 7) is 2.69. The van der Waals surface area contributed by atoms with Crippen LogP contribution in [0.15, 0.2) is 84.9 Å². The fourth-order valence-electron chi connectivity index (χ4n) is 2.96. The first kappa shape index (κ1) is 20.4. The average molecular weight is 392 g/mol. The maximum atomic E-state index is 12.8. The SMILES string of the molecule is CCOc1ccc(OCCOC(=O)C(O)(c2ccccc2)c2ccccc2)cc1. The van der Waals surface area contributed by atoms with E-state index in [9.17, 15) is 9.90 Å². The number of esters is 1. The summed E-state index contributed by atoms with van der Waals surface area (Å²) in [5.74, 6) is 0.665.